The lowest BCUT2D eigenvalue weighted by atomic mass is 10.2. The van der Waals surface area contributed by atoms with Gasteiger partial charge in [-0.05, 0) is 34.8 Å². The van der Waals surface area contributed by atoms with Crippen LogP contribution < -0.4 is 15.6 Å². The van der Waals surface area contributed by atoms with Crippen molar-refractivity contribution in [3.8, 4) is 0 Å². The molecule has 0 spiro atoms. The molecule has 1 fully saturated rings. The molecule has 0 aromatic heterocycles. The molecule has 144 valence electrons. The monoisotopic (exact) mass is 402 g/mol. The minimum Gasteiger partial charge on any atom is -0.381 e. The topological polar surface area (TPSA) is 9.23 Å². The number of hydrogen-bond acceptors (Lipinski definition) is 1. The van der Waals surface area contributed by atoms with E-state index in [-0.39, 0.29) is 4.85 Å². The Morgan fingerprint density at radius 1 is 0.679 bits per heavy atom. The standard InChI is InChI=1S/C25H30OSi2/c1-27(2)25(20-12-13-21-26-25)28(22-14-6-3-7-15-22,23-16-8-4-9-17-23)24-18-10-5-11-19-24/h3-11,14-19,27H,12-13,20-21H2,1-2H3. The van der Waals surface area contributed by atoms with Crippen molar-refractivity contribution in [3.63, 3.8) is 0 Å². The van der Waals surface area contributed by atoms with Crippen LogP contribution in [0.5, 0.6) is 0 Å². The molecule has 0 bridgehead atoms. The van der Waals surface area contributed by atoms with E-state index in [9.17, 15) is 0 Å². The van der Waals surface area contributed by atoms with E-state index in [1.54, 1.807) is 0 Å². The minimum atomic E-state index is -2.40. The van der Waals surface area contributed by atoms with Crippen molar-refractivity contribution < 1.29 is 4.74 Å². The lowest BCUT2D eigenvalue weighted by molar-refractivity contribution is 0.0282. The van der Waals surface area contributed by atoms with Gasteiger partial charge in [-0.25, -0.2) is 0 Å². The Kier molecular flexibility index (Phi) is 5.67. The molecular formula is C25H30OSi2. The molecule has 1 unspecified atom stereocenters. The smallest absolute Gasteiger partial charge is 0.178 e. The second kappa shape index (κ2) is 8.20. The highest BCUT2D eigenvalue weighted by atomic mass is 28.4. The van der Waals surface area contributed by atoms with Crippen molar-refractivity contribution in [3.05, 3.63) is 91.0 Å². The van der Waals surface area contributed by atoms with Gasteiger partial charge in [0.1, 0.15) is 0 Å². The van der Waals surface area contributed by atoms with Crippen LogP contribution in [0, 0.1) is 0 Å². The highest BCUT2D eigenvalue weighted by Gasteiger charge is 2.59. The van der Waals surface area contributed by atoms with Crippen LogP contribution in [0.2, 0.25) is 13.1 Å². The van der Waals surface area contributed by atoms with Crippen LogP contribution in [0.15, 0.2) is 91.0 Å². The van der Waals surface area contributed by atoms with E-state index in [1.165, 1.54) is 34.8 Å². The van der Waals surface area contributed by atoms with Crippen molar-refractivity contribution in [2.24, 2.45) is 0 Å². The molecule has 4 rings (SSSR count). The zero-order valence-electron chi connectivity index (χ0n) is 17.0. The van der Waals surface area contributed by atoms with Crippen molar-refractivity contribution in [2.75, 3.05) is 6.61 Å². The van der Waals surface area contributed by atoms with E-state index in [0.717, 1.165) is 6.61 Å². The Morgan fingerprint density at radius 2 is 1.11 bits per heavy atom. The third-order valence-electron chi connectivity index (χ3n) is 6.49. The molecule has 0 radical (unpaired) electrons. The molecule has 0 amide bonds. The van der Waals surface area contributed by atoms with E-state index in [4.69, 9.17) is 4.74 Å². The summed E-state index contributed by atoms with van der Waals surface area (Å²) in [5.41, 5.74) is 0. The van der Waals surface area contributed by atoms with E-state index >= 15 is 0 Å². The van der Waals surface area contributed by atoms with Crippen molar-refractivity contribution in [1.29, 1.82) is 0 Å². The number of ether oxygens (including phenoxy) is 1. The van der Waals surface area contributed by atoms with E-state index in [2.05, 4.69) is 104 Å². The summed E-state index contributed by atoms with van der Waals surface area (Å²) < 4.78 is 6.98. The molecule has 28 heavy (non-hydrogen) atoms. The van der Waals surface area contributed by atoms with Gasteiger partial charge in [-0.15, -0.1) is 0 Å². The van der Waals surface area contributed by atoms with Gasteiger partial charge in [-0.2, -0.15) is 0 Å². The Hall–Kier alpha value is -1.95. The molecule has 0 N–H and O–H groups in total. The predicted octanol–water partition coefficient (Wildman–Crippen LogP) is 3.66. The normalized spacial score (nSPS) is 20.2. The third kappa shape index (κ3) is 3.02. The minimum absolute atomic E-state index is 0.0185. The fourth-order valence-electron chi connectivity index (χ4n) is 5.30. The molecule has 3 aromatic carbocycles. The molecule has 0 saturated carbocycles. The molecule has 1 nitrogen and oxygen atoms in total. The Morgan fingerprint density at radius 3 is 1.43 bits per heavy atom. The SMILES string of the molecule is C[SiH](C)C1([Si](c2ccccc2)(c2ccccc2)c2ccccc2)CCCCO1. The van der Waals surface area contributed by atoms with Crippen LogP contribution in [0.25, 0.3) is 0 Å². The lowest BCUT2D eigenvalue weighted by Gasteiger charge is -2.54. The van der Waals surface area contributed by atoms with Gasteiger partial charge in [0.05, 0.1) is 13.6 Å². The maximum absolute atomic E-state index is 6.98. The summed E-state index contributed by atoms with van der Waals surface area (Å²) in [5, 5.41) is 4.45. The lowest BCUT2D eigenvalue weighted by Crippen LogP contribution is -2.84. The van der Waals surface area contributed by atoms with Gasteiger partial charge < -0.3 is 4.74 Å². The summed E-state index contributed by atoms with van der Waals surface area (Å²) in [7, 11) is -3.58. The molecule has 3 aromatic rings. The van der Waals surface area contributed by atoms with Gasteiger partial charge in [0, 0.05) is 6.61 Å². The summed E-state index contributed by atoms with van der Waals surface area (Å²) in [6, 6.07) is 33.9. The van der Waals surface area contributed by atoms with Gasteiger partial charge in [-0.3, -0.25) is 0 Å². The van der Waals surface area contributed by atoms with E-state index in [0.29, 0.717) is 0 Å². The average molecular weight is 403 g/mol. The second-order valence-corrected chi connectivity index (χ2v) is 16.1. The summed E-state index contributed by atoms with van der Waals surface area (Å²) in [6.07, 6.45) is 3.64. The van der Waals surface area contributed by atoms with E-state index in [1.807, 2.05) is 0 Å². The third-order valence-corrected chi connectivity index (χ3v) is 17.1. The summed E-state index contributed by atoms with van der Waals surface area (Å²) in [4.78, 5) is -0.0185. The van der Waals surface area contributed by atoms with Crippen LogP contribution in [-0.4, -0.2) is 28.3 Å². The molecule has 0 aliphatic carbocycles. The zero-order valence-corrected chi connectivity index (χ0v) is 19.1. The second-order valence-electron chi connectivity index (χ2n) is 8.20. The zero-order chi connectivity index (χ0) is 19.5. The van der Waals surface area contributed by atoms with Crippen LogP contribution in [0.3, 0.4) is 0 Å². The number of rotatable bonds is 5. The first-order valence-electron chi connectivity index (χ1n) is 10.5. The fourth-order valence-corrected chi connectivity index (χ4v) is 16.9. The molecule has 1 aliphatic heterocycles. The van der Waals surface area contributed by atoms with Crippen molar-refractivity contribution in [1.82, 2.24) is 0 Å². The number of hydrogen-bond donors (Lipinski definition) is 0. The molecule has 1 atom stereocenters. The van der Waals surface area contributed by atoms with Crippen LogP contribution in [-0.2, 0) is 4.74 Å². The fraction of sp³-hybridized carbons (Fsp3) is 0.280. The van der Waals surface area contributed by atoms with Crippen molar-refractivity contribution >= 4 is 32.4 Å². The Balaban J connectivity index is 2.13. The molecule has 1 heterocycles. The Bertz CT molecular complexity index is 776. The van der Waals surface area contributed by atoms with Gasteiger partial charge >= 0.3 is 0 Å². The first-order valence-corrected chi connectivity index (χ1v) is 15.4. The largest absolute Gasteiger partial charge is 0.381 e. The van der Waals surface area contributed by atoms with Gasteiger partial charge in [0.15, 0.2) is 8.07 Å². The first-order chi connectivity index (χ1) is 13.7. The maximum Gasteiger partial charge on any atom is 0.178 e. The summed E-state index contributed by atoms with van der Waals surface area (Å²) in [5.74, 6) is 0. The van der Waals surface area contributed by atoms with Gasteiger partial charge in [-0.1, -0.05) is 104 Å². The number of benzene rings is 3. The highest BCUT2D eigenvalue weighted by molar-refractivity contribution is 7.18. The summed E-state index contributed by atoms with van der Waals surface area (Å²) in [6.45, 7) is 5.90. The Labute approximate surface area is 172 Å². The maximum atomic E-state index is 6.98. The van der Waals surface area contributed by atoms with E-state index < -0.39 is 16.9 Å². The first kappa shape index (κ1) is 19.4. The van der Waals surface area contributed by atoms with Gasteiger partial charge in [0.25, 0.3) is 0 Å². The quantitative estimate of drug-likeness (QED) is 0.467. The molecule has 1 saturated heterocycles. The molecule has 3 heteroatoms. The van der Waals surface area contributed by atoms with Crippen molar-refractivity contribution in [2.45, 2.75) is 37.2 Å². The van der Waals surface area contributed by atoms with Gasteiger partial charge in [0.2, 0.25) is 0 Å². The molecule has 1 aliphatic rings. The van der Waals surface area contributed by atoms with Crippen LogP contribution in [0.4, 0.5) is 0 Å². The molecular weight excluding hydrogens is 372 g/mol. The summed E-state index contributed by atoms with van der Waals surface area (Å²) >= 11 is 0. The predicted molar refractivity (Wildman–Crippen MR) is 125 cm³/mol. The van der Waals surface area contributed by atoms with Crippen LogP contribution in [0.1, 0.15) is 19.3 Å². The highest BCUT2D eigenvalue weighted by Crippen LogP contribution is 2.36. The van der Waals surface area contributed by atoms with Crippen LogP contribution >= 0.6 is 0 Å². The average Bonchev–Trinajstić information content (AvgIpc) is 2.77.